The minimum atomic E-state index is -0.383. The molecule has 0 aliphatic rings. The van der Waals surface area contributed by atoms with Crippen molar-refractivity contribution < 1.29 is 9.53 Å². The molecule has 24 heavy (non-hydrogen) atoms. The number of esters is 1. The topological polar surface area (TPSA) is 81.3 Å². The van der Waals surface area contributed by atoms with Gasteiger partial charge in [0.15, 0.2) is 5.16 Å². The second kappa shape index (κ2) is 8.21. The maximum absolute atomic E-state index is 11.6. The molecular weight excluding hydrogens is 348 g/mol. The van der Waals surface area contributed by atoms with Crippen molar-refractivity contribution in [1.29, 1.82) is 0 Å². The van der Waals surface area contributed by atoms with Crippen LogP contribution in [0.2, 0.25) is 5.15 Å². The number of nitrogens with zero attached hydrogens (tertiary/aromatic N) is 3. The van der Waals surface area contributed by atoms with E-state index in [2.05, 4.69) is 9.97 Å². The number of methoxy groups -OCH3 is 1. The fourth-order valence-corrected chi connectivity index (χ4v) is 3.07. The molecule has 0 saturated carbocycles. The van der Waals surface area contributed by atoms with Crippen molar-refractivity contribution in [3.05, 3.63) is 40.5 Å². The molecule has 1 aromatic carbocycles. The highest BCUT2D eigenvalue weighted by Gasteiger charge is 2.18. The molecule has 8 heteroatoms. The Hall–Kier alpha value is -1.99. The minimum absolute atomic E-state index is 0.0335. The first-order valence-electron chi connectivity index (χ1n) is 7.18. The predicted molar refractivity (Wildman–Crippen MR) is 97.5 cm³/mol. The molecule has 6 nitrogen and oxygen atoms in total. The smallest absolute Gasteiger partial charge is 0.310 e. The summed E-state index contributed by atoms with van der Waals surface area (Å²) in [5, 5.41) is 0.813. The molecule has 2 rings (SSSR count). The molecule has 1 aromatic heterocycles. The molecule has 128 valence electrons. The number of aromatic nitrogens is 2. The van der Waals surface area contributed by atoms with Gasteiger partial charge in [0.05, 0.1) is 13.5 Å². The number of rotatable bonds is 6. The lowest BCUT2D eigenvalue weighted by Crippen LogP contribution is -2.17. The summed E-state index contributed by atoms with van der Waals surface area (Å²) in [6.45, 7) is 0. The fourth-order valence-electron chi connectivity index (χ4n) is 1.99. The zero-order valence-corrected chi connectivity index (χ0v) is 15.3. The molecule has 0 fully saturated rings. The van der Waals surface area contributed by atoms with Crippen LogP contribution in [0.15, 0.2) is 29.4 Å². The van der Waals surface area contributed by atoms with E-state index in [4.69, 9.17) is 22.1 Å². The summed E-state index contributed by atoms with van der Waals surface area (Å²) >= 11 is 7.73. The van der Waals surface area contributed by atoms with Crippen LogP contribution in [0.4, 0.5) is 11.5 Å². The van der Waals surface area contributed by atoms with Gasteiger partial charge in [-0.05, 0) is 17.7 Å². The summed E-state index contributed by atoms with van der Waals surface area (Å²) in [7, 11) is 5.02. The summed E-state index contributed by atoms with van der Waals surface area (Å²) in [5.41, 5.74) is 8.08. The zero-order chi connectivity index (χ0) is 17.7. The van der Waals surface area contributed by atoms with E-state index in [9.17, 15) is 4.79 Å². The van der Waals surface area contributed by atoms with Gasteiger partial charge in [-0.1, -0.05) is 35.5 Å². The van der Waals surface area contributed by atoms with Gasteiger partial charge in [-0.2, -0.15) is 0 Å². The number of nitrogens with two attached hydrogens (primary N) is 1. The SMILES string of the molecule is COC(=O)Cc1c(Cl)nc(SCc2ccc(N)cc2)nc1N(C)C. The monoisotopic (exact) mass is 366 g/mol. The molecule has 0 saturated heterocycles. The molecule has 0 bridgehead atoms. The molecule has 0 aliphatic carbocycles. The van der Waals surface area contributed by atoms with E-state index in [0.29, 0.717) is 22.3 Å². The number of benzene rings is 1. The Morgan fingerprint density at radius 2 is 1.96 bits per heavy atom. The fraction of sp³-hybridized carbons (Fsp3) is 0.312. The molecular formula is C16H19ClN4O2S. The van der Waals surface area contributed by atoms with Gasteiger partial charge < -0.3 is 15.4 Å². The lowest BCUT2D eigenvalue weighted by Gasteiger charge is -2.17. The van der Waals surface area contributed by atoms with Crippen molar-refractivity contribution in [1.82, 2.24) is 9.97 Å². The molecule has 2 N–H and O–H groups in total. The van der Waals surface area contributed by atoms with E-state index < -0.39 is 0 Å². The lowest BCUT2D eigenvalue weighted by molar-refractivity contribution is -0.139. The van der Waals surface area contributed by atoms with E-state index in [1.807, 2.05) is 38.4 Å². The summed E-state index contributed by atoms with van der Waals surface area (Å²) < 4.78 is 4.70. The van der Waals surface area contributed by atoms with Crippen molar-refractivity contribution in [3.8, 4) is 0 Å². The van der Waals surface area contributed by atoms with Gasteiger partial charge in [0.2, 0.25) is 0 Å². The Bertz CT molecular complexity index is 723. The van der Waals surface area contributed by atoms with Crippen LogP contribution < -0.4 is 10.6 Å². The van der Waals surface area contributed by atoms with Crippen LogP contribution in [-0.2, 0) is 21.7 Å². The highest BCUT2D eigenvalue weighted by molar-refractivity contribution is 7.98. The Kier molecular flexibility index (Phi) is 6.28. The average Bonchev–Trinajstić information content (AvgIpc) is 2.55. The summed E-state index contributed by atoms with van der Waals surface area (Å²) in [5.74, 6) is 0.922. The number of ether oxygens (including phenoxy) is 1. The number of hydrogen-bond donors (Lipinski definition) is 1. The summed E-state index contributed by atoms with van der Waals surface area (Å²) in [6, 6.07) is 7.63. The first kappa shape index (κ1) is 18.4. The Balaban J connectivity index is 2.22. The largest absolute Gasteiger partial charge is 0.469 e. The Morgan fingerprint density at radius 1 is 1.29 bits per heavy atom. The van der Waals surface area contributed by atoms with Crippen LogP contribution in [0.5, 0.6) is 0 Å². The van der Waals surface area contributed by atoms with E-state index in [1.165, 1.54) is 18.9 Å². The number of carbonyl (C=O) groups is 1. The predicted octanol–water partition coefficient (Wildman–Crippen LogP) is 2.79. The quantitative estimate of drug-likeness (QED) is 0.277. The van der Waals surface area contributed by atoms with Crippen molar-refractivity contribution >= 4 is 40.8 Å². The van der Waals surface area contributed by atoms with E-state index in [1.54, 1.807) is 4.90 Å². The molecule has 2 aromatic rings. The summed E-state index contributed by atoms with van der Waals surface area (Å²) in [4.78, 5) is 22.2. The second-order valence-corrected chi connectivity index (χ2v) is 6.58. The summed E-state index contributed by atoms with van der Waals surface area (Å²) in [6.07, 6.45) is 0.0335. The molecule has 0 radical (unpaired) electrons. The number of thioether (sulfide) groups is 1. The first-order chi connectivity index (χ1) is 11.4. The van der Waals surface area contributed by atoms with Gasteiger partial charge in [0, 0.05) is 31.1 Å². The highest BCUT2D eigenvalue weighted by atomic mass is 35.5. The number of carbonyl (C=O) groups excluding carboxylic acids is 1. The van der Waals surface area contributed by atoms with Crippen molar-refractivity contribution in [3.63, 3.8) is 0 Å². The zero-order valence-electron chi connectivity index (χ0n) is 13.7. The Morgan fingerprint density at radius 3 is 2.54 bits per heavy atom. The van der Waals surface area contributed by atoms with Crippen LogP contribution in [0.3, 0.4) is 0 Å². The standard InChI is InChI=1S/C16H19ClN4O2S/c1-21(2)15-12(8-13(22)23-3)14(17)19-16(20-15)24-9-10-4-6-11(18)7-5-10/h4-7H,8-9,18H2,1-3H3. The van der Waals surface area contributed by atoms with Gasteiger partial charge >= 0.3 is 5.97 Å². The minimum Gasteiger partial charge on any atom is -0.469 e. The maximum atomic E-state index is 11.6. The highest BCUT2D eigenvalue weighted by Crippen LogP contribution is 2.29. The molecule has 0 atom stereocenters. The van der Waals surface area contributed by atoms with Gasteiger partial charge in [0.25, 0.3) is 0 Å². The third kappa shape index (κ3) is 4.75. The van der Waals surface area contributed by atoms with Crippen LogP contribution in [0.25, 0.3) is 0 Å². The molecule has 1 heterocycles. The van der Waals surface area contributed by atoms with Gasteiger partial charge in [-0.25, -0.2) is 9.97 Å². The normalized spacial score (nSPS) is 10.5. The molecule has 0 spiro atoms. The number of hydrogen-bond acceptors (Lipinski definition) is 7. The van der Waals surface area contributed by atoms with Crippen molar-refractivity contribution in [2.75, 3.05) is 31.8 Å². The molecule has 0 amide bonds. The maximum Gasteiger partial charge on any atom is 0.310 e. The lowest BCUT2D eigenvalue weighted by atomic mass is 10.2. The number of halogens is 1. The van der Waals surface area contributed by atoms with Gasteiger partial charge in [-0.3, -0.25) is 4.79 Å². The molecule has 0 aliphatic heterocycles. The first-order valence-corrected chi connectivity index (χ1v) is 8.55. The second-order valence-electron chi connectivity index (χ2n) is 5.28. The van der Waals surface area contributed by atoms with E-state index in [0.717, 1.165) is 11.3 Å². The van der Waals surface area contributed by atoms with Crippen molar-refractivity contribution in [2.45, 2.75) is 17.3 Å². The molecule has 0 unspecified atom stereocenters. The van der Waals surface area contributed by atoms with Gasteiger partial charge in [0.1, 0.15) is 11.0 Å². The van der Waals surface area contributed by atoms with E-state index in [-0.39, 0.29) is 17.5 Å². The average molecular weight is 367 g/mol. The number of nitrogen functional groups attached to an aromatic ring is 1. The van der Waals surface area contributed by atoms with Gasteiger partial charge in [-0.15, -0.1) is 0 Å². The van der Waals surface area contributed by atoms with Crippen LogP contribution >= 0.6 is 23.4 Å². The third-order valence-electron chi connectivity index (χ3n) is 3.23. The van der Waals surface area contributed by atoms with Crippen LogP contribution in [-0.4, -0.2) is 37.1 Å². The number of anilines is 2. The van der Waals surface area contributed by atoms with E-state index >= 15 is 0 Å². The third-order valence-corrected chi connectivity index (χ3v) is 4.47. The van der Waals surface area contributed by atoms with Crippen LogP contribution in [0, 0.1) is 0 Å². The van der Waals surface area contributed by atoms with Crippen LogP contribution in [0.1, 0.15) is 11.1 Å². The Labute approximate surface area is 150 Å². The van der Waals surface area contributed by atoms with Crippen molar-refractivity contribution in [2.24, 2.45) is 0 Å².